The van der Waals surface area contributed by atoms with E-state index in [9.17, 15) is 0 Å². The normalized spacial score (nSPS) is 11.4. The second kappa shape index (κ2) is 4.60. The molecule has 0 N–H and O–H groups in total. The lowest BCUT2D eigenvalue weighted by molar-refractivity contribution is 0.249. The van der Waals surface area contributed by atoms with Gasteiger partial charge in [0.2, 0.25) is 0 Å². The molecule has 11 heavy (non-hydrogen) atoms. The molecule has 0 fully saturated rings. The smallest absolute Gasteiger partial charge is 0.0585 e. The van der Waals surface area contributed by atoms with Gasteiger partial charge < -0.3 is 4.90 Å². The van der Waals surface area contributed by atoms with Gasteiger partial charge in [-0.2, -0.15) is 0 Å². The number of isothiocyanates is 1. The predicted molar refractivity (Wildman–Crippen MR) is 52.2 cm³/mol. The van der Waals surface area contributed by atoms with Crippen LogP contribution in [0.25, 0.3) is 0 Å². The first-order chi connectivity index (χ1) is 4.98. The van der Waals surface area contributed by atoms with Crippen LogP contribution in [-0.2, 0) is 0 Å². The fraction of sp³-hybridized carbons (Fsp3) is 0.875. The van der Waals surface area contributed by atoms with E-state index in [4.69, 9.17) is 0 Å². The predicted octanol–water partition coefficient (Wildman–Crippen LogP) is 1.68. The zero-order chi connectivity index (χ0) is 8.91. The van der Waals surface area contributed by atoms with Gasteiger partial charge in [-0.1, -0.05) is 13.8 Å². The molecule has 0 saturated heterocycles. The largest absolute Gasteiger partial charge is 0.309 e. The molecule has 3 heteroatoms. The number of hydrogen-bond donors (Lipinski definition) is 0. The molecule has 0 aromatic heterocycles. The van der Waals surface area contributed by atoms with Crippen molar-refractivity contribution in [3.05, 3.63) is 0 Å². The van der Waals surface area contributed by atoms with Crippen molar-refractivity contribution in [2.24, 2.45) is 10.4 Å². The quantitative estimate of drug-likeness (QED) is 0.473. The summed E-state index contributed by atoms with van der Waals surface area (Å²) in [6.07, 6.45) is 0. The minimum atomic E-state index is 0.204. The number of rotatable bonds is 4. The van der Waals surface area contributed by atoms with E-state index in [1.54, 1.807) is 0 Å². The first-order valence-electron chi connectivity index (χ1n) is 3.66. The Hall–Kier alpha value is -0.240. The molecule has 0 amide bonds. The highest BCUT2D eigenvalue weighted by Crippen LogP contribution is 2.15. The third-order valence-corrected chi connectivity index (χ3v) is 1.44. The fourth-order valence-corrected chi connectivity index (χ4v) is 1.22. The Kier molecular flexibility index (Phi) is 4.50. The molecule has 64 valence electrons. The van der Waals surface area contributed by atoms with E-state index < -0.39 is 0 Å². The molecular formula is C8H16N2S. The summed E-state index contributed by atoms with van der Waals surface area (Å²) in [5.41, 5.74) is 0.204. The van der Waals surface area contributed by atoms with E-state index in [-0.39, 0.29) is 5.41 Å². The summed E-state index contributed by atoms with van der Waals surface area (Å²) in [5.74, 6) is 0. The average Bonchev–Trinajstić information content (AvgIpc) is 1.81. The number of aliphatic imine (C=N–C) groups is 1. The van der Waals surface area contributed by atoms with E-state index >= 15 is 0 Å². The van der Waals surface area contributed by atoms with E-state index in [0.29, 0.717) is 0 Å². The first-order valence-corrected chi connectivity index (χ1v) is 4.07. The van der Waals surface area contributed by atoms with Crippen LogP contribution in [0.4, 0.5) is 0 Å². The minimum Gasteiger partial charge on any atom is -0.309 e. The van der Waals surface area contributed by atoms with Gasteiger partial charge in [-0.3, -0.25) is 0 Å². The molecule has 2 nitrogen and oxygen atoms in total. The van der Waals surface area contributed by atoms with Crippen LogP contribution in [0.1, 0.15) is 13.8 Å². The summed E-state index contributed by atoms with van der Waals surface area (Å²) in [6.45, 7) is 6.12. The number of hydrogen-bond acceptors (Lipinski definition) is 3. The Balaban J connectivity index is 3.88. The maximum absolute atomic E-state index is 4.50. The van der Waals surface area contributed by atoms with Gasteiger partial charge in [-0.05, 0) is 31.7 Å². The molecule has 0 unspecified atom stereocenters. The summed E-state index contributed by atoms with van der Waals surface area (Å²) < 4.78 is 0. The topological polar surface area (TPSA) is 15.6 Å². The van der Waals surface area contributed by atoms with Gasteiger partial charge in [-0.25, -0.2) is 4.99 Å². The molecule has 0 radical (unpaired) electrons. The summed E-state index contributed by atoms with van der Waals surface area (Å²) >= 11 is 4.50. The van der Waals surface area contributed by atoms with Crippen LogP contribution in [0.3, 0.4) is 0 Å². The van der Waals surface area contributed by atoms with Gasteiger partial charge >= 0.3 is 0 Å². The Bertz CT molecular complexity index is 157. The van der Waals surface area contributed by atoms with E-state index in [1.165, 1.54) is 0 Å². The van der Waals surface area contributed by atoms with Gasteiger partial charge in [0.15, 0.2) is 0 Å². The van der Waals surface area contributed by atoms with Crippen molar-refractivity contribution in [2.75, 3.05) is 27.2 Å². The second-order valence-corrected chi connectivity index (χ2v) is 3.99. The second-order valence-electron chi connectivity index (χ2n) is 3.81. The Morgan fingerprint density at radius 2 is 2.00 bits per heavy atom. The lowest BCUT2D eigenvalue weighted by Gasteiger charge is -2.25. The zero-order valence-corrected chi connectivity index (χ0v) is 8.53. The monoisotopic (exact) mass is 172 g/mol. The Morgan fingerprint density at radius 1 is 1.45 bits per heavy atom. The molecule has 0 atom stereocenters. The molecule has 0 aromatic carbocycles. The van der Waals surface area contributed by atoms with Crippen LogP contribution >= 0.6 is 12.2 Å². The van der Waals surface area contributed by atoms with Crippen LogP contribution in [0.2, 0.25) is 0 Å². The summed E-state index contributed by atoms with van der Waals surface area (Å²) in [7, 11) is 4.12. The average molecular weight is 172 g/mol. The summed E-state index contributed by atoms with van der Waals surface area (Å²) in [4.78, 5) is 6.09. The Labute approximate surface area is 74.3 Å². The maximum atomic E-state index is 4.50. The highest BCUT2D eigenvalue weighted by Gasteiger charge is 2.17. The highest BCUT2D eigenvalue weighted by molar-refractivity contribution is 7.78. The summed E-state index contributed by atoms with van der Waals surface area (Å²) in [5, 5.41) is 2.39. The summed E-state index contributed by atoms with van der Waals surface area (Å²) in [6, 6.07) is 0. The third-order valence-electron chi connectivity index (χ3n) is 1.32. The lowest BCUT2D eigenvalue weighted by atomic mass is 9.93. The Morgan fingerprint density at radius 3 is 2.36 bits per heavy atom. The highest BCUT2D eigenvalue weighted by atomic mass is 32.1. The van der Waals surface area contributed by atoms with Crippen molar-refractivity contribution in [1.82, 2.24) is 4.90 Å². The van der Waals surface area contributed by atoms with Crippen LogP contribution < -0.4 is 0 Å². The van der Waals surface area contributed by atoms with Gasteiger partial charge in [-0.15, -0.1) is 0 Å². The third kappa shape index (κ3) is 6.17. The molecule has 0 saturated carbocycles. The molecule has 0 aliphatic carbocycles. The van der Waals surface area contributed by atoms with E-state index in [0.717, 1.165) is 13.1 Å². The fourth-order valence-electron chi connectivity index (χ4n) is 1.15. The van der Waals surface area contributed by atoms with E-state index in [2.05, 4.69) is 55.2 Å². The van der Waals surface area contributed by atoms with Crippen molar-refractivity contribution in [3.63, 3.8) is 0 Å². The molecule has 0 rings (SSSR count). The van der Waals surface area contributed by atoms with Crippen LogP contribution in [0, 0.1) is 5.41 Å². The van der Waals surface area contributed by atoms with Gasteiger partial charge in [0, 0.05) is 6.54 Å². The van der Waals surface area contributed by atoms with Gasteiger partial charge in [0.25, 0.3) is 0 Å². The minimum absolute atomic E-state index is 0.204. The van der Waals surface area contributed by atoms with Crippen LogP contribution in [0.15, 0.2) is 4.99 Å². The van der Waals surface area contributed by atoms with Crippen molar-refractivity contribution < 1.29 is 0 Å². The van der Waals surface area contributed by atoms with E-state index in [1.807, 2.05) is 0 Å². The zero-order valence-electron chi connectivity index (χ0n) is 7.72. The molecule has 0 heterocycles. The number of nitrogens with zero attached hydrogens (tertiary/aromatic N) is 2. The molecule has 0 aliphatic heterocycles. The molecule has 0 aromatic rings. The maximum Gasteiger partial charge on any atom is 0.0585 e. The first kappa shape index (κ1) is 10.8. The van der Waals surface area contributed by atoms with Crippen LogP contribution in [-0.4, -0.2) is 37.2 Å². The number of thiocarbonyl (C=S) groups is 1. The van der Waals surface area contributed by atoms with Gasteiger partial charge in [0.1, 0.15) is 0 Å². The molecule has 0 aliphatic rings. The van der Waals surface area contributed by atoms with Crippen molar-refractivity contribution in [2.45, 2.75) is 13.8 Å². The standard InChI is InChI=1S/C8H16N2S/c1-8(2,5-9-7-11)6-10(3)4/h5-6H2,1-4H3. The van der Waals surface area contributed by atoms with Crippen LogP contribution in [0.5, 0.6) is 0 Å². The van der Waals surface area contributed by atoms with Crippen molar-refractivity contribution in [1.29, 1.82) is 0 Å². The van der Waals surface area contributed by atoms with Crippen molar-refractivity contribution in [3.8, 4) is 0 Å². The SMILES string of the molecule is CN(C)CC(C)(C)CN=C=S. The lowest BCUT2D eigenvalue weighted by Crippen LogP contribution is -2.30. The van der Waals surface area contributed by atoms with Gasteiger partial charge in [0.05, 0.1) is 11.7 Å². The van der Waals surface area contributed by atoms with Crippen molar-refractivity contribution >= 4 is 17.4 Å². The molecule has 0 bridgehead atoms. The molecular weight excluding hydrogens is 156 g/mol. The molecule has 0 spiro atoms.